The van der Waals surface area contributed by atoms with Gasteiger partial charge >= 0.3 is 0 Å². The number of carboxylic acid groups (broad SMARTS) is 1. The number of nitrogens with zero attached hydrogens (tertiary/aromatic N) is 2. The summed E-state index contributed by atoms with van der Waals surface area (Å²) in [6.45, 7) is 7.95. The van der Waals surface area contributed by atoms with E-state index in [2.05, 4.69) is 31.0 Å². The lowest BCUT2D eigenvalue weighted by molar-refractivity contribution is -0.304. The van der Waals surface area contributed by atoms with E-state index in [9.17, 15) is 9.90 Å². The molecule has 2 aromatic rings. The zero-order valence-corrected chi connectivity index (χ0v) is 13.2. The summed E-state index contributed by atoms with van der Waals surface area (Å²) in [5.74, 6) is -0.780. The summed E-state index contributed by atoms with van der Waals surface area (Å²) in [6, 6.07) is 7.89. The van der Waals surface area contributed by atoms with Gasteiger partial charge in [0.25, 0.3) is 5.22 Å². The van der Waals surface area contributed by atoms with E-state index in [0.717, 1.165) is 17.3 Å². The molecule has 0 saturated heterocycles. The largest absolute Gasteiger partial charge is 0.549 e. The molecule has 0 radical (unpaired) electrons. The number of carboxylic acids is 1. The van der Waals surface area contributed by atoms with Crippen molar-refractivity contribution in [2.45, 2.75) is 43.6 Å². The van der Waals surface area contributed by atoms with E-state index in [1.165, 1.54) is 12.5 Å². The van der Waals surface area contributed by atoms with Crippen LogP contribution in [0.2, 0.25) is 0 Å². The van der Waals surface area contributed by atoms with Gasteiger partial charge in [-0.25, -0.2) is 0 Å². The molecule has 21 heavy (non-hydrogen) atoms. The molecule has 112 valence electrons. The van der Waals surface area contributed by atoms with Crippen LogP contribution in [-0.2, 0) is 10.2 Å². The van der Waals surface area contributed by atoms with Crippen molar-refractivity contribution in [1.82, 2.24) is 10.2 Å². The fraction of sp³-hybridized carbons (Fsp3) is 0.400. The maximum absolute atomic E-state index is 10.7. The standard InChI is InChI=1S/C15H18N2O3S/c1-9(13(18)19)21-14-17-16-12(20-14)10-5-7-11(8-6-10)15(2,3)4/h5-9H,1-4H3,(H,18,19)/p-1/t9-/m0/s1. The summed E-state index contributed by atoms with van der Waals surface area (Å²) < 4.78 is 5.47. The van der Waals surface area contributed by atoms with Crippen LogP contribution in [0.5, 0.6) is 0 Å². The number of benzene rings is 1. The summed E-state index contributed by atoms with van der Waals surface area (Å²) >= 11 is 0.972. The summed E-state index contributed by atoms with van der Waals surface area (Å²) in [6.07, 6.45) is 0. The molecule has 0 bridgehead atoms. The predicted molar refractivity (Wildman–Crippen MR) is 78.8 cm³/mol. The first kappa shape index (κ1) is 15.6. The highest BCUT2D eigenvalue weighted by Crippen LogP contribution is 2.28. The fourth-order valence-electron chi connectivity index (χ4n) is 1.69. The second-order valence-corrected chi connectivity index (χ2v) is 7.07. The molecule has 1 aromatic carbocycles. The lowest BCUT2D eigenvalue weighted by Gasteiger charge is -2.18. The number of thioether (sulfide) groups is 1. The SMILES string of the molecule is C[C@H](Sc1nnc(-c2ccc(C(C)(C)C)cc2)o1)C(=O)[O-]. The Morgan fingerprint density at radius 2 is 1.86 bits per heavy atom. The van der Waals surface area contributed by atoms with E-state index >= 15 is 0 Å². The molecule has 0 aliphatic rings. The molecule has 0 aliphatic carbocycles. The number of hydrogen-bond acceptors (Lipinski definition) is 6. The number of carbonyl (C=O) groups excluding carboxylic acids is 1. The van der Waals surface area contributed by atoms with Crippen LogP contribution >= 0.6 is 11.8 Å². The maximum atomic E-state index is 10.7. The third-order valence-corrected chi connectivity index (χ3v) is 3.93. The van der Waals surface area contributed by atoms with Crippen molar-refractivity contribution in [3.8, 4) is 11.5 Å². The van der Waals surface area contributed by atoms with E-state index in [1.807, 2.05) is 24.3 Å². The summed E-state index contributed by atoms with van der Waals surface area (Å²) in [5, 5.41) is 18.0. The second kappa shape index (κ2) is 5.89. The molecule has 1 aromatic heterocycles. The molecule has 0 aliphatic heterocycles. The van der Waals surface area contributed by atoms with Crippen LogP contribution in [0.4, 0.5) is 0 Å². The van der Waals surface area contributed by atoms with Gasteiger partial charge in [-0.05, 0) is 30.0 Å². The van der Waals surface area contributed by atoms with Crippen molar-refractivity contribution in [2.75, 3.05) is 0 Å². The molecule has 0 saturated carbocycles. The van der Waals surface area contributed by atoms with E-state index in [-0.39, 0.29) is 10.6 Å². The van der Waals surface area contributed by atoms with E-state index in [0.29, 0.717) is 5.89 Å². The fourth-order valence-corrected chi connectivity index (χ4v) is 2.30. The van der Waals surface area contributed by atoms with E-state index in [1.54, 1.807) is 0 Å². The minimum atomic E-state index is -1.16. The van der Waals surface area contributed by atoms with Crippen LogP contribution < -0.4 is 5.11 Å². The van der Waals surface area contributed by atoms with Crippen molar-refractivity contribution < 1.29 is 14.3 Å². The zero-order valence-electron chi connectivity index (χ0n) is 12.4. The maximum Gasteiger partial charge on any atom is 0.277 e. The molecule has 0 N–H and O–H groups in total. The van der Waals surface area contributed by atoms with E-state index in [4.69, 9.17) is 4.42 Å². The van der Waals surface area contributed by atoms with Crippen molar-refractivity contribution in [3.05, 3.63) is 29.8 Å². The highest BCUT2D eigenvalue weighted by atomic mass is 32.2. The van der Waals surface area contributed by atoms with Gasteiger partial charge in [-0.3, -0.25) is 0 Å². The van der Waals surface area contributed by atoms with Gasteiger partial charge in [0.1, 0.15) is 0 Å². The van der Waals surface area contributed by atoms with Gasteiger partial charge in [0.15, 0.2) is 0 Å². The number of rotatable bonds is 4. The third-order valence-electron chi connectivity index (χ3n) is 3.01. The molecule has 0 unspecified atom stereocenters. The molecule has 2 rings (SSSR count). The Kier molecular flexibility index (Phi) is 4.37. The van der Waals surface area contributed by atoms with Gasteiger partial charge in [0, 0.05) is 5.56 Å². The Balaban J connectivity index is 2.16. The first-order valence-corrected chi connectivity index (χ1v) is 7.47. The highest BCUT2D eigenvalue weighted by molar-refractivity contribution is 8.00. The molecule has 5 nitrogen and oxygen atoms in total. The summed E-state index contributed by atoms with van der Waals surface area (Å²) in [5.41, 5.74) is 2.10. The molecule has 0 amide bonds. The summed E-state index contributed by atoms with van der Waals surface area (Å²) in [4.78, 5) is 10.7. The van der Waals surface area contributed by atoms with Crippen molar-refractivity contribution in [3.63, 3.8) is 0 Å². The van der Waals surface area contributed by atoms with Gasteiger partial charge in [0.05, 0.1) is 11.2 Å². The predicted octanol–water partition coefficient (Wildman–Crippen LogP) is 2.26. The van der Waals surface area contributed by atoms with Crippen LogP contribution in [0.15, 0.2) is 33.9 Å². The normalized spacial score (nSPS) is 13.1. The second-order valence-electron chi connectivity index (χ2n) is 5.78. The van der Waals surface area contributed by atoms with Crippen molar-refractivity contribution >= 4 is 17.7 Å². The van der Waals surface area contributed by atoms with E-state index < -0.39 is 11.2 Å². The lowest BCUT2D eigenvalue weighted by Crippen LogP contribution is -2.31. The Morgan fingerprint density at radius 3 is 2.38 bits per heavy atom. The van der Waals surface area contributed by atoms with Crippen LogP contribution in [0.3, 0.4) is 0 Å². The molecule has 1 heterocycles. The minimum Gasteiger partial charge on any atom is -0.549 e. The van der Waals surface area contributed by atoms with Gasteiger partial charge in [-0.15, -0.1) is 10.2 Å². The number of aliphatic carboxylic acids is 1. The van der Waals surface area contributed by atoms with Crippen LogP contribution in [0, 0.1) is 0 Å². The average Bonchev–Trinajstić information content (AvgIpc) is 2.86. The zero-order chi connectivity index (χ0) is 15.6. The number of aromatic nitrogens is 2. The Labute approximate surface area is 127 Å². The monoisotopic (exact) mass is 305 g/mol. The lowest BCUT2D eigenvalue weighted by atomic mass is 9.87. The Morgan fingerprint density at radius 1 is 1.24 bits per heavy atom. The number of hydrogen-bond donors (Lipinski definition) is 0. The molecule has 1 atom stereocenters. The minimum absolute atomic E-state index is 0.0817. The topological polar surface area (TPSA) is 79.0 Å². The smallest absolute Gasteiger partial charge is 0.277 e. The Hall–Kier alpha value is -1.82. The first-order chi connectivity index (χ1) is 9.77. The van der Waals surface area contributed by atoms with Crippen molar-refractivity contribution in [1.29, 1.82) is 0 Å². The van der Waals surface area contributed by atoms with Crippen LogP contribution in [0.1, 0.15) is 33.3 Å². The van der Waals surface area contributed by atoms with Gasteiger partial charge in [0.2, 0.25) is 5.89 Å². The first-order valence-electron chi connectivity index (χ1n) is 6.59. The molecular weight excluding hydrogens is 288 g/mol. The van der Waals surface area contributed by atoms with Crippen LogP contribution in [-0.4, -0.2) is 21.4 Å². The third kappa shape index (κ3) is 3.85. The summed E-state index contributed by atoms with van der Waals surface area (Å²) in [7, 11) is 0. The number of carbonyl (C=O) groups is 1. The van der Waals surface area contributed by atoms with Crippen LogP contribution in [0.25, 0.3) is 11.5 Å². The molecular formula is C15H17N2O3S-. The van der Waals surface area contributed by atoms with Gasteiger partial charge < -0.3 is 14.3 Å². The quantitative estimate of drug-likeness (QED) is 0.806. The molecule has 6 heteroatoms. The average molecular weight is 305 g/mol. The highest BCUT2D eigenvalue weighted by Gasteiger charge is 2.16. The Bertz CT molecular complexity index is 629. The molecule has 0 fully saturated rings. The van der Waals surface area contributed by atoms with Gasteiger partial charge in [-0.1, -0.05) is 44.7 Å². The van der Waals surface area contributed by atoms with Crippen molar-refractivity contribution in [2.24, 2.45) is 0 Å². The molecule has 0 spiro atoms. The van der Waals surface area contributed by atoms with Gasteiger partial charge in [-0.2, -0.15) is 0 Å².